The molecule has 0 aliphatic heterocycles. The van der Waals surface area contributed by atoms with Gasteiger partial charge in [-0.2, -0.15) is 0 Å². The molecule has 0 aromatic carbocycles. The third-order valence-electron chi connectivity index (χ3n) is 4.66. The van der Waals surface area contributed by atoms with E-state index < -0.39 is 11.4 Å². The van der Waals surface area contributed by atoms with Gasteiger partial charge in [-0.05, 0) is 50.9 Å². The minimum Gasteiger partial charge on any atom is -0.481 e. The average Bonchev–Trinajstić information content (AvgIpc) is 2.39. The standard InChI is InChI=1S/C16H28O2/c1-3-5-6-7-8-11-16(15(17)18)12-9-14(4-2)10-13-16/h3,14H,1,4-13H2,2H3,(H,17,18). The smallest absolute Gasteiger partial charge is 0.309 e. The summed E-state index contributed by atoms with van der Waals surface area (Å²) in [5.74, 6) is 0.207. The van der Waals surface area contributed by atoms with Gasteiger partial charge in [-0.15, -0.1) is 6.58 Å². The van der Waals surface area contributed by atoms with Gasteiger partial charge >= 0.3 is 5.97 Å². The molecule has 0 radical (unpaired) electrons. The molecule has 1 rings (SSSR count). The summed E-state index contributed by atoms with van der Waals surface area (Å²) in [4.78, 5) is 11.6. The molecule has 0 spiro atoms. The molecular formula is C16H28O2. The first-order chi connectivity index (χ1) is 8.64. The molecule has 0 heterocycles. The first kappa shape index (κ1) is 15.3. The monoisotopic (exact) mass is 252 g/mol. The van der Waals surface area contributed by atoms with Crippen molar-refractivity contribution in [2.75, 3.05) is 0 Å². The highest BCUT2D eigenvalue weighted by molar-refractivity contribution is 5.74. The molecule has 1 fully saturated rings. The predicted molar refractivity (Wildman–Crippen MR) is 75.6 cm³/mol. The van der Waals surface area contributed by atoms with Crippen LogP contribution >= 0.6 is 0 Å². The summed E-state index contributed by atoms with van der Waals surface area (Å²) >= 11 is 0. The van der Waals surface area contributed by atoms with Crippen molar-refractivity contribution in [3.8, 4) is 0 Å². The van der Waals surface area contributed by atoms with E-state index in [0.717, 1.165) is 63.7 Å². The summed E-state index contributed by atoms with van der Waals surface area (Å²) in [5, 5.41) is 9.53. The summed E-state index contributed by atoms with van der Waals surface area (Å²) in [6.45, 7) is 5.93. The van der Waals surface area contributed by atoms with Crippen LogP contribution in [0.15, 0.2) is 12.7 Å². The topological polar surface area (TPSA) is 37.3 Å². The van der Waals surface area contributed by atoms with Crippen molar-refractivity contribution in [2.45, 2.75) is 71.1 Å². The predicted octanol–water partition coefficient (Wildman–Crippen LogP) is 4.79. The Morgan fingerprint density at radius 2 is 2.00 bits per heavy atom. The maximum Gasteiger partial charge on any atom is 0.309 e. The average molecular weight is 252 g/mol. The lowest BCUT2D eigenvalue weighted by Gasteiger charge is -2.36. The summed E-state index contributed by atoms with van der Waals surface area (Å²) < 4.78 is 0. The third kappa shape index (κ3) is 4.15. The Balaban J connectivity index is 2.40. The first-order valence-corrected chi connectivity index (χ1v) is 7.49. The molecule has 1 aliphatic carbocycles. The van der Waals surface area contributed by atoms with Gasteiger partial charge in [0.15, 0.2) is 0 Å². The van der Waals surface area contributed by atoms with Crippen LogP contribution in [0, 0.1) is 11.3 Å². The molecule has 0 aromatic heterocycles. The maximum absolute atomic E-state index is 11.6. The second-order valence-electron chi connectivity index (χ2n) is 5.83. The molecule has 2 nitrogen and oxygen atoms in total. The molecule has 0 saturated heterocycles. The fourth-order valence-corrected chi connectivity index (χ4v) is 3.14. The van der Waals surface area contributed by atoms with Crippen LogP contribution in [0.5, 0.6) is 0 Å². The van der Waals surface area contributed by atoms with Crippen molar-refractivity contribution in [1.29, 1.82) is 0 Å². The normalized spacial score (nSPS) is 27.9. The van der Waals surface area contributed by atoms with Gasteiger partial charge in [0.2, 0.25) is 0 Å². The highest BCUT2D eigenvalue weighted by Crippen LogP contribution is 2.43. The van der Waals surface area contributed by atoms with Crippen LogP contribution in [-0.2, 0) is 4.79 Å². The number of carboxylic acids is 1. The van der Waals surface area contributed by atoms with Gasteiger partial charge in [-0.25, -0.2) is 0 Å². The van der Waals surface area contributed by atoms with Gasteiger partial charge in [0.25, 0.3) is 0 Å². The Bertz CT molecular complexity index is 262. The Morgan fingerprint density at radius 1 is 1.33 bits per heavy atom. The lowest BCUT2D eigenvalue weighted by molar-refractivity contribution is -0.152. The van der Waals surface area contributed by atoms with Crippen LogP contribution in [0.25, 0.3) is 0 Å². The molecule has 0 aromatic rings. The lowest BCUT2D eigenvalue weighted by Crippen LogP contribution is -2.35. The summed E-state index contributed by atoms with van der Waals surface area (Å²) in [5.41, 5.74) is -0.403. The largest absolute Gasteiger partial charge is 0.481 e. The second kappa shape index (κ2) is 7.60. The number of hydrogen-bond donors (Lipinski definition) is 1. The minimum absolute atomic E-state index is 0.403. The van der Waals surface area contributed by atoms with Crippen LogP contribution in [-0.4, -0.2) is 11.1 Å². The van der Waals surface area contributed by atoms with E-state index in [1.165, 1.54) is 6.42 Å². The SMILES string of the molecule is C=CCCCCCC1(C(=O)O)CCC(CC)CC1. The van der Waals surface area contributed by atoms with Gasteiger partial charge in [0, 0.05) is 0 Å². The van der Waals surface area contributed by atoms with Crippen LogP contribution in [0.1, 0.15) is 71.1 Å². The summed E-state index contributed by atoms with van der Waals surface area (Å²) in [6, 6.07) is 0. The van der Waals surface area contributed by atoms with E-state index in [2.05, 4.69) is 13.5 Å². The molecule has 2 heteroatoms. The minimum atomic E-state index is -0.555. The number of allylic oxidation sites excluding steroid dienone is 1. The number of carbonyl (C=O) groups is 1. The Hall–Kier alpha value is -0.790. The molecule has 0 bridgehead atoms. The fourth-order valence-electron chi connectivity index (χ4n) is 3.14. The fraction of sp³-hybridized carbons (Fsp3) is 0.812. The zero-order chi connectivity index (χ0) is 13.4. The lowest BCUT2D eigenvalue weighted by atomic mass is 9.67. The van der Waals surface area contributed by atoms with Gasteiger partial charge in [-0.1, -0.05) is 32.3 Å². The van der Waals surface area contributed by atoms with Gasteiger partial charge in [-0.3, -0.25) is 4.79 Å². The molecule has 1 N–H and O–H groups in total. The van der Waals surface area contributed by atoms with Gasteiger partial charge < -0.3 is 5.11 Å². The first-order valence-electron chi connectivity index (χ1n) is 7.49. The third-order valence-corrected chi connectivity index (χ3v) is 4.66. The van der Waals surface area contributed by atoms with E-state index in [4.69, 9.17) is 0 Å². The van der Waals surface area contributed by atoms with Crippen molar-refractivity contribution >= 4 is 5.97 Å². The van der Waals surface area contributed by atoms with Crippen molar-refractivity contribution in [2.24, 2.45) is 11.3 Å². The van der Waals surface area contributed by atoms with Crippen LogP contribution in [0.4, 0.5) is 0 Å². The molecule has 0 atom stereocenters. The summed E-state index contributed by atoms with van der Waals surface area (Å²) in [6.07, 6.45) is 12.4. The van der Waals surface area contributed by atoms with Crippen LogP contribution in [0.2, 0.25) is 0 Å². The van der Waals surface area contributed by atoms with Gasteiger partial charge in [0.1, 0.15) is 0 Å². The van der Waals surface area contributed by atoms with Crippen molar-refractivity contribution in [1.82, 2.24) is 0 Å². The van der Waals surface area contributed by atoms with E-state index in [-0.39, 0.29) is 0 Å². The Morgan fingerprint density at radius 3 is 2.50 bits per heavy atom. The van der Waals surface area contributed by atoms with E-state index in [9.17, 15) is 9.90 Å². The summed E-state index contributed by atoms with van der Waals surface area (Å²) in [7, 11) is 0. The van der Waals surface area contributed by atoms with Crippen molar-refractivity contribution in [3.63, 3.8) is 0 Å². The number of hydrogen-bond acceptors (Lipinski definition) is 1. The number of carboxylic acid groups (broad SMARTS) is 1. The van der Waals surface area contributed by atoms with Crippen LogP contribution in [0.3, 0.4) is 0 Å². The molecule has 104 valence electrons. The van der Waals surface area contributed by atoms with E-state index in [1.807, 2.05) is 6.08 Å². The quantitative estimate of drug-likeness (QED) is 0.498. The Labute approximate surface area is 111 Å². The highest BCUT2D eigenvalue weighted by Gasteiger charge is 2.40. The molecular weight excluding hydrogens is 224 g/mol. The van der Waals surface area contributed by atoms with E-state index in [1.54, 1.807) is 0 Å². The van der Waals surface area contributed by atoms with Crippen molar-refractivity contribution < 1.29 is 9.90 Å². The number of rotatable bonds is 8. The molecule has 1 saturated carbocycles. The molecule has 18 heavy (non-hydrogen) atoms. The molecule has 0 unspecified atom stereocenters. The second-order valence-corrected chi connectivity index (χ2v) is 5.83. The van der Waals surface area contributed by atoms with Gasteiger partial charge in [0.05, 0.1) is 5.41 Å². The number of unbranched alkanes of at least 4 members (excludes halogenated alkanes) is 3. The highest BCUT2D eigenvalue weighted by atomic mass is 16.4. The van der Waals surface area contributed by atoms with E-state index in [0.29, 0.717) is 0 Å². The number of aliphatic carboxylic acids is 1. The van der Waals surface area contributed by atoms with Crippen molar-refractivity contribution in [3.05, 3.63) is 12.7 Å². The van der Waals surface area contributed by atoms with Crippen LogP contribution < -0.4 is 0 Å². The van der Waals surface area contributed by atoms with E-state index >= 15 is 0 Å². The zero-order valence-corrected chi connectivity index (χ0v) is 11.8. The maximum atomic E-state index is 11.6. The Kier molecular flexibility index (Phi) is 6.45. The molecule has 1 aliphatic rings. The zero-order valence-electron chi connectivity index (χ0n) is 11.8. The molecule has 0 amide bonds.